The Hall–Kier alpha value is -1.26. The fourth-order valence-electron chi connectivity index (χ4n) is 1.23. The van der Waals surface area contributed by atoms with E-state index in [0.717, 1.165) is 12.1 Å². The minimum atomic E-state index is -0.731. The lowest BCUT2D eigenvalue weighted by Crippen LogP contribution is -1.92. The molecule has 0 N–H and O–H groups in total. The van der Waals surface area contributed by atoms with Crippen LogP contribution in [0.5, 0.6) is 0 Å². The Morgan fingerprint density at radius 1 is 1.00 bits per heavy atom. The lowest BCUT2D eigenvalue weighted by atomic mass is 10.1. The molecule has 6 heteroatoms. The van der Waals surface area contributed by atoms with Crippen molar-refractivity contribution in [3.8, 4) is 11.3 Å². The summed E-state index contributed by atoms with van der Waals surface area (Å²) in [5.74, 6) is -1.39. The van der Waals surface area contributed by atoms with Crippen molar-refractivity contribution in [2.75, 3.05) is 0 Å². The average molecular weight is 261 g/mol. The maximum atomic E-state index is 13.4. The van der Waals surface area contributed by atoms with Crippen molar-refractivity contribution in [2.24, 2.45) is 0 Å². The summed E-state index contributed by atoms with van der Waals surface area (Å²) < 4.78 is 26.1. The summed E-state index contributed by atoms with van der Waals surface area (Å²) in [6.07, 6.45) is 0. The van der Waals surface area contributed by atoms with Gasteiger partial charge in [-0.25, -0.2) is 18.7 Å². The third-order valence-corrected chi connectivity index (χ3v) is 2.24. The van der Waals surface area contributed by atoms with Crippen molar-refractivity contribution in [2.45, 2.75) is 0 Å². The Kier molecular flexibility index (Phi) is 3.03. The number of hydrogen-bond acceptors (Lipinski definition) is 2. The average Bonchev–Trinajstić information content (AvgIpc) is 2.15. The zero-order valence-corrected chi connectivity index (χ0v) is 9.23. The van der Waals surface area contributed by atoms with Crippen LogP contribution in [0.2, 0.25) is 10.4 Å². The Balaban J connectivity index is 2.58. The molecule has 0 fully saturated rings. The highest BCUT2D eigenvalue weighted by molar-refractivity contribution is 6.32. The topological polar surface area (TPSA) is 25.8 Å². The molecule has 2 rings (SSSR count). The molecule has 0 saturated carbocycles. The van der Waals surface area contributed by atoms with Crippen LogP contribution < -0.4 is 0 Å². The van der Waals surface area contributed by atoms with E-state index in [1.165, 1.54) is 12.1 Å². The monoisotopic (exact) mass is 260 g/mol. The third-order valence-electron chi connectivity index (χ3n) is 1.87. The Labute approximate surface area is 99.9 Å². The first-order valence-corrected chi connectivity index (χ1v) is 4.97. The number of hydrogen-bond donors (Lipinski definition) is 0. The van der Waals surface area contributed by atoms with Crippen molar-refractivity contribution in [3.05, 3.63) is 46.3 Å². The van der Waals surface area contributed by atoms with E-state index in [2.05, 4.69) is 9.97 Å². The summed E-state index contributed by atoms with van der Waals surface area (Å²) in [6, 6.07) is 4.50. The quantitative estimate of drug-likeness (QED) is 0.577. The van der Waals surface area contributed by atoms with Gasteiger partial charge in [0.25, 0.3) is 0 Å². The van der Waals surface area contributed by atoms with E-state index in [0.29, 0.717) is 0 Å². The van der Waals surface area contributed by atoms with Gasteiger partial charge in [-0.2, -0.15) is 0 Å². The highest BCUT2D eigenvalue weighted by Gasteiger charge is 2.09. The van der Waals surface area contributed by atoms with Crippen molar-refractivity contribution in [3.63, 3.8) is 0 Å². The molecule has 1 heterocycles. The minimum Gasteiger partial charge on any atom is -0.218 e. The lowest BCUT2D eigenvalue weighted by molar-refractivity contribution is 0.585. The third kappa shape index (κ3) is 2.28. The molecule has 0 aliphatic heterocycles. The van der Waals surface area contributed by atoms with Gasteiger partial charge >= 0.3 is 0 Å². The second-order valence-electron chi connectivity index (χ2n) is 2.97. The molecule has 1 aromatic heterocycles. The summed E-state index contributed by atoms with van der Waals surface area (Å²) in [5.41, 5.74) is 0.329. The van der Waals surface area contributed by atoms with Crippen LogP contribution in [-0.4, -0.2) is 9.97 Å². The van der Waals surface area contributed by atoms with Gasteiger partial charge in [0.2, 0.25) is 5.28 Å². The number of nitrogens with zero attached hydrogens (tertiary/aromatic N) is 2. The zero-order valence-electron chi connectivity index (χ0n) is 7.72. The number of rotatable bonds is 1. The summed E-state index contributed by atoms with van der Waals surface area (Å²) in [6.45, 7) is 0. The molecule has 0 saturated heterocycles. The van der Waals surface area contributed by atoms with Crippen molar-refractivity contribution in [1.82, 2.24) is 9.97 Å². The predicted molar refractivity (Wildman–Crippen MR) is 57.4 cm³/mol. The maximum absolute atomic E-state index is 13.4. The van der Waals surface area contributed by atoms with Crippen LogP contribution in [0.4, 0.5) is 8.78 Å². The van der Waals surface area contributed by atoms with Crippen molar-refractivity contribution < 1.29 is 8.78 Å². The van der Waals surface area contributed by atoms with Gasteiger partial charge in [0.15, 0.2) is 0 Å². The number of halogens is 4. The molecule has 0 unspecified atom stereocenters. The Bertz CT molecular complexity index is 526. The Morgan fingerprint density at radius 3 is 2.38 bits per heavy atom. The van der Waals surface area contributed by atoms with Crippen LogP contribution in [0.3, 0.4) is 0 Å². The molecule has 2 nitrogen and oxygen atoms in total. The van der Waals surface area contributed by atoms with Gasteiger partial charge < -0.3 is 0 Å². The summed E-state index contributed by atoms with van der Waals surface area (Å²) in [7, 11) is 0. The molecule has 0 bridgehead atoms. The Morgan fingerprint density at radius 2 is 1.75 bits per heavy atom. The molecule has 1 aromatic carbocycles. The van der Waals surface area contributed by atoms with E-state index in [9.17, 15) is 8.78 Å². The first-order chi connectivity index (χ1) is 7.56. The van der Waals surface area contributed by atoms with Crippen LogP contribution in [-0.2, 0) is 0 Å². The van der Waals surface area contributed by atoms with E-state index < -0.39 is 11.6 Å². The van der Waals surface area contributed by atoms with E-state index in [1.807, 2.05) is 0 Å². The summed E-state index contributed by atoms with van der Waals surface area (Å²) in [5, 5.41) is 0.00458. The highest BCUT2D eigenvalue weighted by atomic mass is 35.5. The van der Waals surface area contributed by atoms with Crippen molar-refractivity contribution >= 4 is 23.2 Å². The van der Waals surface area contributed by atoms with E-state index in [4.69, 9.17) is 23.2 Å². The molecule has 0 aliphatic rings. The first-order valence-electron chi connectivity index (χ1n) is 4.22. The summed E-state index contributed by atoms with van der Waals surface area (Å²) in [4.78, 5) is 7.43. The maximum Gasteiger partial charge on any atom is 0.224 e. The number of benzene rings is 1. The van der Waals surface area contributed by atoms with Crippen LogP contribution in [0.15, 0.2) is 24.3 Å². The molecule has 82 valence electrons. The van der Waals surface area contributed by atoms with Gasteiger partial charge in [-0.1, -0.05) is 11.6 Å². The highest BCUT2D eigenvalue weighted by Crippen LogP contribution is 2.24. The SMILES string of the molecule is Fc1ccc(-c2cc(Cl)nc(Cl)n2)c(F)c1. The van der Waals surface area contributed by atoms with Crippen LogP contribution >= 0.6 is 23.2 Å². The molecule has 0 radical (unpaired) electrons. The van der Waals surface area contributed by atoms with Gasteiger partial charge in [-0.3, -0.25) is 0 Å². The minimum absolute atomic E-state index is 0.0915. The second-order valence-corrected chi connectivity index (χ2v) is 3.69. The zero-order chi connectivity index (χ0) is 11.7. The van der Waals surface area contributed by atoms with Gasteiger partial charge in [0.1, 0.15) is 16.8 Å². The van der Waals surface area contributed by atoms with Gasteiger partial charge in [0.05, 0.1) is 5.69 Å². The first kappa shape index (κ1) is 11.2. The second kappa shape index (κ2) is 4.31. The van der Waals surface area contributed by atoms with E-state index >= 15 is 0 Å². The van der Waals surface area contributed by atoms with Gasteiger partial charge in [0, 0.05) is 17.7 Å². The van der Waals surface area contributed by atoms with Crippen LogP contribution in [0, 0.1) is 11.6 Å². The fourth-order valence-corrected chi connectivity index (χ4v) is 1.63. The molecule has 0 amide bonds. The van der Waals surface area contributed by atoms with Gasteiger partial charge in [-0.15, -0.1) is 0 Å². The standard InChI is InChI=1S/C10H4Cl2F2N2/c11-9-4-8(15-10(12)16-9)6-2-1-5(13)3-7(6)14/h1-4H. The molecular weight excluding hydrogens is 257 g/mol. The predicted octanol–water partition coefficient (Wildman–Crippen LogP) is 3.73. The normalized spacial score (nSPS) is 10.5. The molecule has 0 spiro atoms. The van der Waals surface area contributed by atoms with Crippen LogP contribution in [0.25, 0.3) is 11.3 Å². The number of aromatic nitrogens is 2. The van der Waals surface area contributed by atoms with Gasteiger partial charge in [-0.05, 0) is 23.7 Å². The lowest BCUT2D eigenvalue weighted by Gasteiger charge is -2.03. The molecular formula is C10H4Cl2F2N2. The van der Waals surface area contributed by atoms with Crippen LogP contribution in [0.1, 0.15) is 0 Å². The van der Waals surface area contributed by atoms with E-state index in [-0.39, 0.29) is 21.7 Å². The smallest absolute Gasteiger partial charge is 0.218 e. The molecule has 0 atom stereocenters. The fraction of sp³-hybridized carbons (Fsp3) is 0. The molecule has 0 aliphatic carbocycles. The summed E-state index contributed by atoms with van der Waals surface area (Å²) >= 11 is 11.2. The molecule has 2 aromatic rings. The van der Waals surface area contributed by atoms with E-state index in [1.54, 1.807) is 0 Å². The van der Waals surface area contributed by atoms with Crippen molar-refractivity contribution in [1.29, 1.82) is 0 Å². The molecule has 16 heavy (non-hydrogen) atoms. The largest absolute Gasteiger partial charge is 0.224 e.